The summed E-state index contributed by atoms with van der Waals surface area (Å²) in [7, 11) is 0. The lowest BCUT2D eigenvalue weighted by molar-refractivity contribution is -0.117. The van der Waals surface area contributed by atoms with E-state index in [0.29, 0.717) is 12.2 Å². The van der Waals surface area contributed by atoms with Gasteiger partial charge in [0.05, 0.1) is 17.0 Å². The predicted molar refractivity (Wildman–Crippen MR) is 104 cm³/mol. The average molecular weight is 364 g/mol. The van der Waals surface area contributed by atoms with Crippen LogP contribution in [0.15, 0.2) is 39.8 Å². The van der Waals surface area contributed by atoms with Gasteiger partial charge in [0, 0.05) is 27.3 Å². The first kappa shape index (κ1) is 16.9. The van der Waals surface area contributed by atoms with Crippen molar-refractivity contribution in [2.45, 2.75) is 40.2 Å². The van der Waals surface area contributed by atoms with Gasteiger partial charge in [-0.2, -0.15) is 0 Å². The smallest absolute Gasteiger partial charge is 0.170 e. The number of aromatic nitrogens is 1. The van der Waals surface area contributed by atoms with Gasteiger partial charge in [0.15, 0.2) is 5.76 Å². The molecule has 3 aromatic rings. The number of hydrogen-bond donors (Lipinski definition) is 0. The third-order valence-electron chi connectivity index (χ3n) is 4.85. The highest BCUT2D eigenvalue weighted by Gasteiger charge is 2.33. The van der Waals surface area contributed by atoms with Gasteiger partial charge < -0.3 is 4.52 Å². The molecule has 0 saturated carbocycles. The number of aliphatic imine (C=N–C) groups is 1. The van der Waals surface area contributed by atoms with Crippen molar-refractivity contribution in [3.8, 4) is 10.4 Å². The zero-order valence-electron chi connectivity index (χ0n) is 15.3. The Hall–Kier alpha value is -2.53. The lowest BCUT2D eigenvalue weighted by atomic mass is 9.96. The highest BCUT2D eigenvalue weighted by molar-refractivity contribution is 7.16. The zero-order chi connectivity index (χ0) is 18.4. The van der Waals surface area contributed by atoms with Crippen molar-refractivity contribution >= 4 is 22.8 Å². The Kier molecular flexibility index (Phi) is 4.11. The second-order valence-corrected chi connectivity index (χ2v) is 7.99. The summed E-state index contributed by atoms with van der Waals surface area (Å²) in [5.41, 5.74) is 6.20. The van der Waals surface area contributed by atoms with Gasteiger partial charge in [-0.25, -0.2) is 0 Å². The van der Waals surface area contributed by atoms with Crippen molar-refractivity contribution in [3.63, 3.8) is 0 Å². The maximum absolute atomic E-state index is 11.9. The molecule has 4 rings (SSSR count). The molecule has 2 aromatic heterocycles. The number of Topliss-reactive ketones (excluding diaryl/α,β-unsaturated/α-hetero) is 1. The number of thiophene rings is 1. The van der Waals surface area contributed by atoms with Crippen LogP contribution in [0.3, 0.4) is 0 Å². The van der Waals surface area contributed by atoms with Crippen molar-refractivity contribution in [2.75, 3.05) is 0 Å². The SMILES string of the molecule is CC(=O)C[C@@H]1N=C(c2ccccc2)c2c(sc(C)c2C)-c2c(C)noc21. The summed E-state index contributed by atoms with van der Waals surface area (Å²) in [6.45, 7) is 7.81. The van der Waals surface area contributed by atoms with Crippen molar-refractivity contribution in [1.82, 2.24) is 5.16 Å². The largest absolute Gasteiger partial charge is 0.358 e. The molecule has 0 unspecified atom stereocenters. The van der Waals surface area contributed by atoms with Crippen molar-refractivity contribution < 1.29 is 9.32 Å². The highest BCUT2D eigenvalue weighted by atomic mass is 32.1. The van der Waals surface area contributed by atoms with Crippen molar-refractivity contribution in [2.24, 2.45) is 4.99 Å². The minimum absolute atomic E-state index is 0.0873. The molecule has 1 aromatic carbocycles. The van der Waals surface area contributed by atoms with Gasteiger partial charge in [-0.1, -0.05) is 35.5 Å². The fraction of sp³-hybridized carbons (Fsp3) is 0.286. The Labute approximate surface area is 156 Å². The Balaban J connectivity index is 2.05. The van der Waals surface area contributed by atoms with Crippen LogP contribution >= 0.6 is 11.3 Å². The molecule has 3 heterocycles. The van der Waals surface area contributed by atoms with E-state index in [1.165, 1.54) is 10.4 Å². The topological polar surface area (TPSA) is 55.5 Å². The fourth-order valence-corrected chi connectivity index (χ4v) is 4.75. The van der Waals surface area contributed by atoms with E-state index in [1.807, 2.05) is 25.1 Å². The normalized spacial score (nSPS) is 15.8. The van der Waals surface area contributed by atoms with Crippen LogP contribution in [0.1, 0.15) is 52.4 Å². The Morgan fingerprint density at radius 1 is 1.15 bits per heavy atom. The molecule has 0 aliphatic carbocycles. The summed E-state index contributed by atoms with van der Waals surface area (Å²) >= 11 is 1.75. The molecule has 0 N–H and O–H groups in total. The molecule has 0 bridgehead atoms. The summed E-state index contributed by atoms with van der Waals surface area (Å²) in [4.78, 5) is 19.3. The molecule has 0 saturated heterocycles. The molecule has 132 valence electrons. The van der Waals surface area contributed by atoms with Crippen LogP contribution in [0.4, 0.5) is 0 Å². The Bertz CT molecular complexity index is 1030. The summed E-state index contributed by atoms with van der Waals surface area (Å²) in [6.07, 6.45) is 0.310. The molecule has 26 heavy (non-hydrogen) atoms. The van der Waals surface area contributed by atoms with Gasteiger partial charge >= 0.3 is 0 Å². The van der Waals surface area contributed by atoms with E-state index in [9.17, 15) is 4.79 Å². The third-order valence-corrected chi connectivity index (χ3v) is 6.08. The lowest BCUT2D eigenvalue weighted by Crippen LogP contribution is -2.08. The maximum atomic E-state index is 11.9. The molecule has 1 aliphatic rings. The van der Waals surface area contributed by atoms with E-state index < -0.39 is 0 Å². The van der Waals surface area contributed by atoms with Crippen LogP contribution in [-0.2, 0) is 4.79 Å². The Morgan fingerprint density at radius 3 is 2.58 bits per heavy atom. The third kappa shape index (κ3) is 2.63. The van der Waals surface area contributed by atoms with Crippen LogP contribution < -0.4 is 0 Å². The van der Waals surface area contributed by atoms with Gasteiger partial charge in [-0.05, 0) is 33.3 Å². The summed E-state index contributed by atoms with van der Waals surface area (Å²) in [5.74, 6) is 0.787. The minimum Gasteiger partial charge on any atom is -0.358 e. The first-order valence-corrected chi connectivity index (χ1v) is 9.48. The number of carbonyl (C=O) groups is 1. The van der Waals surface area contributed by atoms with Crippen LogP contribution in [0.5, 0.6) is 0 Å². The van der Waals surface area contributed by atoms with Crippen LogP contribution in [-0.4, -0.2) is 16.7 Å². The number of fused-ring (bicyclic) bond motifs is 3. The number of hydrogen-bond acceptors (Lipinski definition) is 5. The van der Waals surface area contributed by atoms with E-state index in [0.717, 1.165) is 33.0 Å². The lowest BCUT2D eigenvalue weighted by Gasteiger charge is -2.11. The quantitative estimate of drug-likeness (QED) is 0.642. The van der Waals surface area contributed by atoms with Gasteiger partial charge in [-0.3, -0.25) is 9.79 Å². The molecule has 0 fully saturated rings. The molecule has 0 radical (unpaired) electrons. The van der Waals surface area contributed by atoms with Crippen molar-refractivity contribution in [1.29, 1.82) is 0 Å². The van der Waals surface area contributed by atoms with E-state index in [-0.39, 0.29) is 11.8 Å². The molecule has 5 heteroatoms. The van der Waals surface area contributed by atoms with Crippen LogP contribution in [0.2, 0.25) is 0 Å². The molecule has 1 atom stereocenters. The molecular weight excluding hydrogens is 344 g/mol. The number of nitrogens with zero attached hydrogens (tertiary/aromatic N) is 2. The van der Waals surface area contributed by atoms with E-state index in [4.69, 9.17) is 9.52 Å². The molecule has 0 amide bonds. The second kappa shape index (κ2) is 6.32. The summed E-state index contributed by atoms with van der Waals surface area (Å²) < 4.78 is 5.67. The standard InChI is InChI=1S/C21H20N2O2S/c1-11(24)10-16-20-18(13(3)23-25-20)21-17(12(2)14(4)26-21)19(22-16)15-8-6-5-7-9-15/h5-9,16H,10H2,1-4H3/t16-/m0/s1. The molecule has 0 spiro atoms. The number of carbonyl (C=O) groups excluding carboxylic acids is 1. The summed E-state index contributed by atoms with van der Waals surface area (Å²) in [5, 5.41) is 4.18. The van der Waals surface area contributed by atoms with E-state index in [2.05, 4.69) is 31.1 Å². The van der Waals surface area contributed by atoms with Gasteiger partial charge in [0.2, 0.25) is 0 Å². The van der Waals surface area contributed by atoms with Gasteiger partial charge in [0.1, 0.15) is 11.8 Å². The Morgan fingerprint density at radius 2 is 1.88 bits per heavy atom. The predicted octanol–water partition coefficient (Wildman–Crippen LogP) is 5.20. The first-order valence-electron chi connectivity index (χ1n) is 8.67. The van der Waals surface area contributed by atoms with Gasteiger partial charge in [-0.15, -0.1) is 11.3 Å². The zero-order valence-corrected chi connectivity index (χ0v) is 16.1. The number of benzene rings is 1. The first-order chi connectivity index (χ1) is 12.5. The summed E-state index contributed by atoms with van der Waals surface area (Å²) in [6, 6.07) is 9.82. The highest BCUT2D eigenvalue weighted by Crippen LogP contribution is 2.46. The molecular formula is C21H20N2O2S. The van der Waals surface area contributed by atoms with E-state index in [1.54, 1.807) is 18.3 Å². The van der Waals surface area contributed by atoms with Gasteiger partial charge in [0.25, 0.3) is 0 Å². The monoisotopic (exact) mass is 364 g/mol. The van der Waals surface area contributed by atoms with E-state index >= 15 is 0 Å². The number of aryl methyl sites for hydroxylation is 2. The van der Waals surface area contributed by atoms with Crippen LogP contribution in [0, 0.1) is 20.8 Å². The average Bonchev–Trinajstić information content (AvgIpc) is 3.08. The maximum Gasteiger partial charge on any atom is 0.170 e. The number of rotatable bonds is 3. The fourth-order valence-electron chi connectivity index (χ4n) is 3.48. The minimum atomic E-state index is -0.349. The van der Waals surface area contributed by atoms with Crippen LogP contribution in [0.25, 0.3) is 10.4 Å². The second-order valence-electron chi connectivity index (χ2n) is 6.76. The molecule has 4 nitrogen and oxygen atoms in total. The molecule has 1 aliphatic heterocycles. The van der Waals surface area contributed by atoms with Crippen molar-refractivity contribution in [3.05, 3.63) is 63.4 Å². The number of ketones is 1.